The van der Waals surface area contributed by atoms with Gasteiger partial charge in [0.2, 0.25) is 15.9 Å². The zero-order chi connectivity index (χ0) is 17.0. The third-order valence-corrected chi connectivity index (χ3v) is 6.41. The van der Waals surface area contributed by atoms with Crippen LogP contribution in [0, 0.1) is 5.92 Å². The van der Waals surface area contributed by atoms with E-state index in [1.54, 1.807) is 6.08 Å². The first-order valence-corrected chi connectivity index (χ1v) is 9.39. The van der Waals surface area contributed by atoms with E-state index in [1.807, 2.05) is 0 Å². The highest BCUT2D eigenvalue weighted by Gasteiger charge is 2.32. The van der Waals surface area contributed by atoms with Gasteiger partial charge in [-0.1, -0.05) is 29.3 Å². The normalized spacial score (nSPS) is 17.0. The van der Waals surface area contributed by atoms with Crippen molar-refractivity contribution in [3.8, 4) is 0 Å². The van der Waals surface area contributed by atoms with Gasteiger partial charge in [0, 0.05) is 25.6 Å². The first-order chi connectivity index (χ1) is 10.9. The van der Waals surface area contributed by atoms with E-state index < -0.39 is 10.0 Å². The Kier molecular flexibility index (Phi) is 6.08. The molecule has 1 N–H and O–H groups in total. The van der Waals surface area contributed by atoms with Crippen molar-refractivity contribution in [2.24, 2.45) is 5.92 Å². The Morgan fingerprint density at radius 1 is 1.30 bits per heavy atom. The van der Waals surface area contributed by atoms with Gasteiger partial charge in [-0.2, -0.15) is 4.31 Å². The van der Waals surface area contributed by atoms with Crippen LogP contribution in [0.5, 0.6) is 0 Å². The minimum absolute atomic E-state index is 0.0588. The molecule has 0 spiro atoms. The number of halogens is 2. The highest BCUT2D eigenvalue weighted by atomic mass is 35.5. The van der Waals surface area contributed by atoms with Crippen LogP contribution in [0.15, 0.2) is 35.7 Å². The van der Waals surface area contributed by atoms with Crippen LogP contribution in [0.2, 0.25) is 10.0 Å². The molecule has 1 saturated heterocycles. The van der Waals surface area contributed by atoms with Crippen molar-refractivity contribution >= 4 is 39.1 Å². The Labute approximate surface area is 146 Å². The lowest BCUT2D eigenvalue weighted by atomic mass is 9.97. The van der Waals surface area contributed by atoms with E-state index in [0.717, 1.165) is 0 Å². The molecule has 23 heavy (non-hydrogen) atoms. The van der Waals surface area contributed by atoms with Crippen LogP contribution in [-0.2, 0) is 14.8 Å². The van der Waals surface area contributed by atoms with Crippen molar-refractivity contribution in [2.75, 3.05) is 19.6 Å². The van der Waals surface area contributed by atoms with Crippen LogP contribution in [0.1, 0.15) is 12.8 Å². The number of nitrogens with zero attached hydrogens (tertiary/aromatic N) is 1. The van der Waals surface area contributed by atoms with Crippen molar-refractivity contribution in [2.45, 2.75) is 17.7 Å². The third-order valence-electron chi connectivity index (χ3n) is 3.77. The summed E-state index contributed by atoms with van der Waals surface area (Å²) in [5, 5.41) is 3.25. The fourth-order valence-electron chi connectivity index (χ4n) is 2.46. The maximum atomic E-state index is 12.6. The maximum Gasteiger partial charge on any atom is 0.243 e. The van der Waals surface area contributed by atoms with E-state index >= 15 is 0 Å². The number of benzene rings is 1. The van der Waals surface area contributed by atoms with Crippen LogP contribution >= 0.6 is 23.2 Å². The lowest BCUT2D eigenvalue weighted by Gasteiger charge is -2.30. The summed E-state index contributed by atoms with van der Waals surface area (Å²) in [6, 6.07) is 4.25. The minimum atomic E-state index is -3.63. The summed E-state index contributed by atoms with van der Waals surface area (Å²) in [6.07, 6.45) is 2.59. The monoisotopic (exact) mass is 376 g/mol. The summed E-state index contributed by atoms with van der Waals surface area (Å²) in [7, 11) is -3.63. The fraction of sp³-hybridized carbons (Fsp3) is 0.400. The summed E-state index contributed by atoms with van der Waals surface area (Å²) in [5.74, 6) is -0.230. The number of rotatable bonds is 5. The predicted octanol–water partition coefficient (Wildman–Crippen LogP) is 2.70. The van der Waals surface area contributed by atoms with E-state index in [9.17, 15) is 13.2 Å². The molecule has 0 aliphatic carbocycles. The lowest BCUT2D eigenvalue weighted by Crippen LogP contribution is -2.43. The van der Waals surface area contributed by atoms with Gasteiger partial charge < -0.3 is 5.32 Å². The first-order valence-electron chi connectivity index (χ1n) is 7.20. The number of piperidine rings is 1. The van der Waals surface area contributed by atoms with E-state index in [1.165, 1.54) is 22.5 Å². The molecule has 8 heteroatoms. The zero-order valence-corrected chi connectivity index (χ0v) is 14.8. The second-order valence-corrected chi connectivity index (χ2v) is 8.04. The smallest absolute Gasteiger partial charge is 0.243 e. The van der Waals surface area contributed by atoms with E-state index in [0.29, 0.717) is 37.5 Å². The number of sulfonamides is 1. The molecule has 1 amide bonds. The molecule has 0 atom stereocenters. The molecule has 1 aliphatic rings. The van der Waals surface area contributed by atoms with Crippen molar-refractivity contribution in [3.05, 3.63) is 40.9 Å². The van der Waals surface area contributed by atoms with Gasteiger partial charge in [0.1, 0.15) is 0 Å². The van der Waals surface area contributed by atoms with Crippen LogP contribution in [0.3, 0.4) is 0 Å². The standard InChI is InChI=1S/C15H18Cl2N2O3S/c1-2-7-18-15(20)11-5-8-19(9-6-11)23(21,22)12-3-4-13(16)14(17)10-12/h2-4,10-11H,1,5-9H2,(H,18,20). The highest BCUT2D eigenvalue weighted by Crippen LogP contribution is 2.28. The van der Waals surface area contributed by atoms with Gasteiger partial charge in [0.25, 0.3) is 0 Å². The lowest BCUT2D eigenvalue weighted by molar-refractivity contribution is -0.125. The average Bonchev–Trinajstić information content (AvgIpc) is 2.55. The number of carbonyl (C=O) groups is 1. The number of amides is 1. The SMILES string of the molecule is C=CCNC(=O)C1CCN(S(=O)(=O)c2ccc(Cl)c(Cl)c2)CC1. The second-order valence-electron chi connectivity index (χ2n) is 5.29. The molecule has 5 nitrogen and oxygen atoms in total. The Hall–Kier alpha value is -1.08. The summed E-state index contributed by atoms with van der Waals surface area (Å²) in [6.45, 7) is 4.56. The van der Waals surface area contributed by atoms with Crippen molar-refractivity contribution in [1.82, 2.24) is 9.62 Å². The number of hydrogen-bond donors (Lipinski definition) is 1. The molecule has 1 aromatic rings. The summed E-state index contributed by atoms with van der Waals surface area (Å²) < 4.78 is 26.6. The molecule has 1 fully saturated rings. The molecular formula is C15H18Cl2N2O3S. The van der Waals surface area contributed by atoms with Crippen LogP contribution in [0.25, 0.3) is 0 Å². The van der Waals surface area contributed by atoms with E-state index in [4.69, 9.17) is 23.2 Å². The first kappa shape index (κ1) is 18.3. The molecule has 0 unspecified atom stereocenters. The topological polar surface area (TPSA) is 66.5 Å². The molecule has 126 valence electrons. The van der Waals surface area contributed by atoms with Crippen molar-refractivity contribution < 1.29 is 13.2 Å². The molecular weight excluding hydrogens is 359 g/mol. The number of hydrogen-bond acceptors (Lipinski definition) is 3. The Balaban J connectivity index is 2.05. The molecule has 1 aliphatic heterocycles. The largest absolute Gasteiger partial charge is 0.352 e. The number of carbonyl (C=O) groups excluding carboxylic acids is 1. The molecule has 0 bridgehead atoms. The molecule has 0 radical (unpaired) electrons. The Bertz CT molecular complexity index is 699. The van der Waals surface area contributed by atoms with Crippen LogP contribution in [0.4, 0.5) is 0 Å². The van der Waals surface area contributed by atoms with Gasteiger partial charge in [-0.15, -0.1) is 6.58 Å². The molecule has 2 rings (SSSR count). The van der Waals surface area contributed by atoms with Gasteiger partial charge in [0.15, 0.2) is 0 Å². The zero-order valence-electron chi connectivity index (χ0n) is 12.5. The van der Waals surface area contributed by atoms with Gasteiger partial charge in [-0.05, 0) is 31.0 Å². The maximum absolute atomic E-state index is 12.6. The Morgan fingerprint density at radius 2 is 1.96 bits per heavy atom. The molecule has 0 aromatic heterocycles. The highest BCUT2D eigenvalue weighted by molar-refractivity contribution is 7.89. The summed E-state index contributed by atoms with van der Waals surface area (Å²) in [4.78, 5) is 12.0. The predicted molar refractivity (Wildman–Crippen MR) is 91.2 cm³/mol. The fourth-order valence-corrected chi connectivity index (χ4v) is 4.32. The Morgan fingerprint density at radius 3 is 2.52 bits per heavy atom. The summed E-state index contributed by atoms with van der Waals surface area (Å²) in [5.41, 5.74) is 0. The quantitative estimate of drug-likeness (QED) is 0.803. The van der Waals surface area contributed by atoms with Gasteiger partial charge >= 0.3 is 0 Å². The molecule has 1 aromatic carbocycles. The average molecular weight is 377 g/mol. The van der Waals surface area contributed by atoms with E-state index in [2.05, 4.69) is 11.9 Å². The van der Waals surface area contributed by atoms with Crippen LogP contribution in [-0.4, -0.2) is 38.3 Å². The second kappa shape index (κ2) is 7.66. The van der Waals surface area contributed by atoms with Gasteiger partial charge in [-0.3, -0.25) is 4.79 Å². The minimum Gasteiger partial charge on any atom is -0.352 e. The van der Waals surface area contributed by atoms with Crippen LogP contribution < -0.4 is 5.32 Å². The van der Waals surface area contributed by atoms with Gasteiger partial charge in [0.05, 0.1) is 14.9 Å². The number of nitrogens with one attached hydrogen (secondary N) is 1. The van der Waals surface area contributed by atoms with Crippen molar-refractivity contribution in [1.29, 1.82) is 0 Å². The third kappa shape index (κ3) is 4.26. The summed E-state index contributed by atoms with van der Waals surface area (Å²) >= 11 is 11.7. The van der Waals surface area contributed by atoms with E-state index in [-0.39, 0.29) is 21.7 Å². The van der Waals surface area contributed by atoms with Gasteiger partial charge in [-0.25, -0.2) is 8.42 Å². The molecule has 1 heterocycles. The molecule has 0 saturated carbocycles. The van der Waals surface area contributed by atoms with Crippen molar-refractivity contribution in [3.63, 3.8) is 0 Å².